The van der Waals surface area contributed by atoms with E-state index in [1.54, 1.807) is 20.5 Å². The van der Waals surface area contributed by atoms with Crippen LogP contribution in [0.25, 0.3) is 11.3 Å². The zero-order valence-electron chi connectivity index (χ0n) is 17.6. The first kappa shape index (κ1) is 20.5. The summed E-state index contributed by atoms with van der Waals surface area (Å²) in [7, 11) is 3.26. The predicted octanol–water partition coefficient (Wildman–Crippen LogP) is 3.51. The third-order valence-electron chi connectivity index (χ3n) is 5.27. The van der Waals surface area contributed by atoms with Crippen LogP contribution in [0.3, 0.4) is 0 Å². The number of carbonyl (C=O) groups is 1. The minimum Gasteiger partial charge on any atom is -0.497 e. The molecule has 1 aliphatic rings. The van der Waals surface area contributed by atoms with Gasteiger partial charge >= 0.3 is 6.03 Å². The molecule has 3 aromatic rings. The highest BCUT2D eigenvalue weighted by atomic mass is 16.5. The Morgan fingerprint density at radius 1 is 0.871 bits per heavy atom. The summed E-state index contributed by atoms with van der Waals surface area (Å²) in [6, 6.07) is 17.0. The smallest absolute Gasteiger partial charge is 0.321 e. The minimum atomic E-state index is -0.105. The van der Waals surface area contributed by atoms with Crippen molar-refractivity contribution in [1.29, 1.82) is 0 Å². The van der Waals surface area contributed by atoms with Crippen LogP contribution in [0, 0.1) is 0 Å². The van der Waals surface area contributed by atoms with Crippen molar-refractivity contribution in [2.45, 2.75) is 0 Å². The summed E-state index contributed by atoms with van der Waals surface area (Å²) in [6.45, 7) is 2.64. The average molecular weight is 419 g/mol. The van der Waals surface area contributed by atoms with Crippen molar-refractivity contribution < 1.29 is 14.3 Å². The Labute approximate surface area is 181 Å². The largest absolute Gasteiger partial charge is 0.497 e. The van der Waals surface area contributed by atoms with Gasteiger partial charge in [0.05, 0.1) is 19.9 Å². The number of benzene rings is 2. The van der Waals surface area contributed by atoms with Crippen LogP contribution in [0.1, 0.15) is 0 Å². The normalized spacial score (nSPS) is 13.6. The van der Waals surface area contributed by atoms with Gasteiger partial charge in [0.1, 0.15) is 23.6 Å². The van der Waals surface area contributed by atoms with E-state index in [-0.39, 0.29) is 6.03 Å². The van der Waals surface area contributed by atoms with Crippen molar-refractivity contribution in [3.05, 3.63) is 60.9 Å². The maximum absolute atomic E-state index is 12.6. The fourth-order valence-electron chi connectivity index (χ4n) is 3.46. The molecule has 31 heavy (non-hydrogen) atoms. The Morgan fingerprint density at radius 3 is 2.10 bits per heavy atom. The van der Waals surface area contributed by atoms with Crippen molar-refractivity contribution in [3.63, 3.8) is 0 Å². The second kappa shape index (κ2) is 9.34. The zero-order valence-corrected chi connectivity index (χ0v) is 17.6. The van der Waals surface area contributed by atoms with Gasteiger partial charge in [-0.15, -0.1) is 0 Å². The summed E-state index contributed by atoms with van der Waals surface area (Å²) in [5, 5.41) is 2.93. The Balaban J connectivity index is 1.36. The molecule has 2 heterocycles. The Bertz CT molecular complexity index is 1020. The molecule has 2 aromatic carbocycles. The van der Waals surface area contributed by atoms with Crippen molar-refractivity contribution in [1.82, 2.24) is 14.9 Å². The van der Waals surface area contributed by atoms with Crippen LogP contribution >= 0.6 is 0 Å². The molecule has 0 atom stereocenters. The molecule has 2 amide bonds. The van der Waals surface area contributed by atoms with E-state index in [1.165, 1.54) is 0 Å². The lowest BCUT2D eigenvalue weighted by Crippen LogP contribution is -2.50. The van der Waals surface area contributed by atoms with Crippen LogP contribution in [0.5, 0.6) is 11.5 Å². The van der Waals surface area contributed by atoms with Gasteiger partial charge in [-0.25, -0.2) is 14.8 Å². The number of nitrogens with zero attached hydrogens (tertiary/aromatic N) is 4. The number of rotatable bonds is 5. The molecule has 1 N–H and O–H groups in total. The molecule has 0 bridgehead atoms. The number of methoxy groups -OCH3 is 2. The molecule has 0 spiro atoms. The van der Waals surface area contributed by atoms with Gasteiger partial charge < -0.3 is 24.6 Å². The third kappa shape index (κ3) is 4.85. The van der Waals surface area contributed by atoms with Crippen LogP contribution in [0.15, 0.2) is 60.9 Å². The van der Waals surface area contributed by atoms with E-state index in [4.69, 9.17) is 9.47 Å². The van der Waals surface area contributed by atoms with Gasteiger partial charge in [0.15, 0.2) is 0 Å². The van der Waals surface area contributed by atoms with Gasteiger partial charge in [0, 0.05) is 43.5 Å². The lowest BCUT2D eigenvalue weighted by Gasteiger charge is -2.35. The monoisotopic (exact) mass is 419 g/mol. The number of aromatic nitrogens is 2. The first-order valence-electron chi connectivity index (χ1n) is 10.1. The van der Waals surface area contributed by atoms with E-state index in [0.717, 1.165) is 34.3 Å². The maximum atomic E-state index is 12.6. The highest BCUT2D eigenvalue weighted by molar-refractivity contribution is 5.89. The summed E-state index contributed by atoms with van der Waals surface area (Å²) in [6.07, 6.45) is 1.58. The van der Waals surface area contributed by atoms with Gasteiger partial charge in [-0.2, -0.15) is 0 Å². The number of ether oxygens (including phenoxy) is 2. The minimum absolute atomic E-state index is 0.105. The third-order valence-corrected chi connectivity index (χ3v) is 5.27. The number of piperazine rings is 1. The topological polar surface area (TPSA) is 79.8 Å². The van der Waals surface area contributed by atoms with E-state index in [9.17, 15) is 4.79 Å². The lowest BCUT2D eigenvalue weighted by molar-refractivity contribution is 0.208. The van der Waals surface area contributed by atoms with Gasteiger partial charge in [-0.1, -0.05) is 0 Å². The van der Waals surface area contributed by atoms with E-state index >= 15 is 0 Å². The summed E-state index contributed by atoms with van der Waals surface area (Å²) in [5.74, 6) is 2.42. The first-order valence-corrected chi connectivity index (χ1v) is 10.1. The second-order valence-corrected chi connectivity index (χ2v) is 7.12. The standard InChI is InChI=1S/C23H25N5O3/c1-30-19-7-3-17(4-8-19)21-15-22(25-16-24-21)27-11-13-28(14-12-27)23(29)26-18-5-9-20(31-2)10-6-18/h3-10,15-16H,11-14H2,1-2H3,(H,26,29). The molecule has 1 aliphatic heterocycles. The van der Waals surface area contributed by atoms with Crippen molar-refractivity contribution in [3.8, 4) is 22.8 Å². The van der Waals surface area contributed by atoms with Crippen molar-refractivity contribution >= 4 is 17.5 Å². The predicted molar refractivity (Wildman–Crippen MR) is 120 cm³/mol. The molecule has 8 heteroatoms. The van der Waals surface area contributed by atoms with Gasteiger partial charge in [-0.05, 0) is 48.5 Å². The molecule has 0 aliphatic carbocycles. The SMILES string of the molecule is COc1ccc(NC(=O)N2CCN(c3cc(-c4ccc(OC)cc4)ncn3)CC2)cc1. The number of hydrogen-bond donors (Lipinski definition) is 1. The van der Waals surface area contributed by atoms with Crippen LogP contribution < -0.4 is 19.7 Å². The molecule has 1 saturated heterocycles. The molecule has 1 aromatic heterocycles. The molecule has 8 nitrogen and oxygen atoms in total. The summed E-state index contributed by atoms with van der Waals surface area (Å²) in [4.78, 5) is 25.4. The molecule has 160 valence electrons. The summed E-state index contributed by atoms with van der Waals surface area (Å²) >= 11 is 0. The number of nitrogens with one attached hydrogen (secondary N) is 1. The first-order chi connectivity index (χ1) is 15.2. The van der Waals surface area contributed by atoms with E-state index in [0.29, 0.717) is 26.2 Å². The fraction of sp³-hybridized carbons (Fsp3) is 0.261. The molecular formula is C23H25N5O3. The molecular weight excluding hydrogens is 394 g/mol. The fourth-order valence-corrected chi connectivity index (χ4v) is 3.46. The average Bonchev–Trinajstić information content (AvgIpc) is 2.85. The number of hydrogen-bond acceptors (Lipinski definition) is 6. The van der Waals surface area contributed by atoms with Crippen LogP contribution in [0.4, 0.5) is 16.3 Å². The number of carbonyl (C=O) groups excluding carboxylic acids is 1. The molecule has 0 radical (unpaired) electrons. The maximum Gasteiger partial charge on any atom is 0.321 e. The molecule has 0 saturated carbocycles. The zero-order chi connectivity index (χ0) is 21.6. The van der Waals surface area contributed by atoms with Crippen LogP contribution in [-0.2, 0) is 0 Å². The van der Waals surface area contributed by atoms with Gasteiger partial charge in [-0.3, -0.25) is 0 Å². The Kier molecular flexibility index (Phi) is 6.16. The lowest BCUT2D eigenvalue weighted by atomic mass is 10.1. The number of amides is 2. The van der Waals surface area contributed by atoms with Gasteiger partial charge in [0.2, 0.25) is 0 Å². The number of urea groups is 1. The van der Waals surface area contributed by atoms with Crippen molar-refractivity contribution in [2.24, 2.45) is 0 Å². The quantitative estimate of drug-likeness (QED) is 0.682. The molecule has 0 unspecified atom stereocenters. The molecule has 4 rings (SSSR count). The summed E-state index contributed by atoms with van der Waals surface area (Å²) < 4.78 is 10.4. The van der Waals surface area contributed by atoms with E-state index in [2.05, 4.69) is 20.2 Å². The van der Waals surface area contributed by atoms with E-state index < -0.39 is 0 Å². The van der Waals surface area contributed by atoms with Crippen LogP contribution in [0.2, 0.25) is 0 Å². The second-order valence-electron chi connectivity index (χ2n) is 7.12. The highest BCUT2D eigenvalue weighted by Gasteiger charge is 2.22. The van der Waals surface area contributed by atoms with Crippen LogP contribution in [-0.4, -0.2) is 61.3 Å². The summed E-state index contributed by atoms with van der Waals surface area (Å²) in [5.41, 5.74) is 2.60. The van der Waals surface area contributed by atoms with Crippen molar-refractivity contribution in [2.75, 3.05) is 50.6 Å². The highest BCUT2D eigenvalue weighted by Crippen LogP contribution is 2.24. The number of anilines is 2. The van der Waals surface area contributed by atoms with E-state index in [1.807, 2.05) is 59.5 Å². The molecule has 1 fully saturated rings. The Hall–Kier alpha value is -3.81. The Morgan fingerprint density at radius 2 is 1.48 bits per heavy atom. The van der Waals surface area contributed by atoms with Gasteiger partial charge in [0.25, 0.3) is 0 Å².